The van der Waals surface area contributed by atoms with Gasteiger partial charge in [-0.1, -0.05) is 0 Å². The van der Waals surface area contributed by atoms with Crippen molar-refractivity contribution < 1.29 is 33.0 Å². The highest BCUT2D eigenvalue weighted by molar-refractivity contribution is 7.39. The molecule has 1 saturated heterocycles. The molecule has 0 atom stereocenters. The summed E-state index contributed by atoms with van der Waals surface area (Å²) in [6, 6.07) is 6.44. The van der Waals surface area contributed by atoms with Crippen LogP contribution >= 0.6 is 8.60 Å². The zero-order chi connectivity index (χ0) is 23.9. The zero-order valence-corrected chi connectivity index (χ0v) is 18.3. The van der Waals surface area contributed by atoms with Crippen molar-refractivity contribution in [3.8, 4) is 11.4 Å². The lowest BCUT2D eigenvalue weighted by atomic mass is 10.1. The van der Waals surface area contributed by atoms with Gasteiger partial charge in [0.05, 0.1) is 10.9 Å². The molecule has 0 saturated carbocycles. The number of fused-ring (bicyclic) bond motifs is 1. The summed E-state index contributed by atoms with van der Waals surface area (Å²) in [4.78, 5) is 46.0. The van der Waals surface area contributed by atoms with Gasteiger partial charge < -0.3 is 33.8 Å². The molecular formula is C21H20F2N3O6P. The van der Waals surface area contributed by atoms with Crippen LogP contribution in [0.25, 0.3) is 16.6 Å². The van der Waals surface area contributed by atoms with Crippen molar-refractivity contribution >= 4 is 31.2 Å². The molecule has 12 heteroatoms. The van der Waals surface area contributed by atoms with Crippen molar-refractivity contribution in [3.05, 3.63) is 63.9 Å². The maximum atomic E-state index is 15.8. The van der Waals surface area contributed by atoms with Crippen LogP contribution in [0.5, 0.6) is 5.75 Å². The Bertz CT molecular complexity index is 1270. The number of carboxylic acid groups (broad SMARTS) is 1. The molecule has 1 fully saturated rings. The van der Waals surface area contributed by atoms with Gasteiger partial charge in [0, 0.05) is 38.1 Å². The maximum Gasteiger partial charge on any atom is 0.391 e. The van der Waals surface area contributed by atoms with Crippen LogP contribution in [-0.2, 0) is 0 Å². The number of anilines is 1. The van der Waals surface area contributed by atoms with Crippen LogP contribution in [0.3, 0.4) is 0 Å². The van der Waals surface area contributed by atoms with Crippen molar-refractivity contribution in [3.63, 3.8) is 0 Å². The van der Waals surface area contributed by atoms with Crippen LogP contribution in [-0.4, -0.2) is 63.6 Å². The SMILES string of the molecule is CN1CCN(c2c(F)cc3c(=O)c(C(=O)O)cn(-c4ccc(OP(O)O)cc4)c3c2F)CC1. The fourth-order valence-corrected chi connectivity index (χ4v) is 4.15. The number of pyridine rings is 1. The van der Waals surface area contributed by atoms with Gasteiger partial charge in [-0.15, -0.1) is 0 Å². The Kier molecular flexibility index (Phi) is 6.31. The Morgan fingerprint density at radius 1 is 1.09 bits per heavy atom. The van der Waals surface area contributed by atoms with Gasteiger partial charge >= 0.3 is 14.6 Å². The molecule has 0 bridgehead atoms. The van der Waals surface area contributed by atoms with E-state index in [1.807, 2.05) is 11.9 Å². The van der Waals surface area contributed by atoms with Crippen molar-refractivity contribution in [1.82, 2.24) is 9.47 Å². The van der Waals surface area contributed by atoms with Crippen LogP contribution in [0.1, 0.15) is 10.4 Å². The predicted molar refractivity (Wildman–Crippen MR) is 118 cm³/mol. The second-order valence-corrected chi connectivity index (χ2v) is 8.28. The van der Waals surface area contributed by atoms with Crippen molar-refractivity contribution in [1.29, 1.82) is 0 Å². The second kappa shape index (κ2) is 9.03. The van der Waals surface area contributed by atoms with Crippen LogP contribution in [0, 0.1) is 11.6 Å². The van der Waals surface area contributed by atoms with Crippen molar-refractivity contribution in [2.24, 2.45) is 0 Å². The van der Waals surface area contributed by atoms with Crippen LogP contribution in [0.2, 0.25) is 0 Å². The van der Waals surface area contributed by atoms with E-state index in [1.54, 1.807) is 4.90 Å². The van der Waals surface area contributed by atoms with Gasteiger partial charge in [0.15, 0.2) is 5.82 Å². The van der Waals surface area contributed by atoms with Gasteiger partial charge in [-0.05, 0) is 37.4 Å². The average Bonchev–Trinajstić information content (AvgIpc) is 2.76. The fraction of sp³-hybridized carbons (Fsp3) is 0.238. The normalized spacial score (nSPS) is 14.8. The number of aromatic nitrogens is 1. The Morgan fingerprint density at radius 3 is 2.30 bits per heavy atom. The van der Waals surface area contributed by atoms with E-state index in [9.17, 15) is 14.7 Å². The number of rotatable bonds is 5. The summed E-state index contributed by atoms with van der Waals surface area (Å²) in [5.74, 6) is -3.34. The van der Waals surface area contributed by atoms with Gasteiger partial charge in [0.1, 0.15) is 22.8 Å². The van der Waals surface area contributed by atoms with Crippen LogP contribution in [0.4, 0.5) is 14.5 Å². The van der Waals surface area contributed by atoms with Gasteiger partial charge in [0.2, 0.25) is 5.43 Å². The molecule has 4 rings (SSSR count). The van der Waals surface area contributed by atoms with Crippen molar-refractivity contribution in [2.45, 2.75) is 0 Å². The highest BCUT2D eigenvalue weighted by Crippen LogP contribution is 2.33. The van der Waals surface area contributed by atoms with Gasteiger partial charge in [-0.2, -0.15) is 0 Å². The van der Waals surface area contributed by atoms with Gasteiger partial charge in [-0.3, -0.25) is 4.79 Å². The summed E-state index contributed by atoms with van der Waals surface area (Å²) in [6.07, 6.45) is 0.989. The first-order valence-corrected chi connectivity index (χ1v) is 11.0. The zero-order valence-electron chi connectivity index (χ0n) is 17.4. The minimum atomic E-state index is -2.65. The maximum absolute atomic E-state index is 15.8. The summed E-state index contributed by atoms with van der Waals surface area (Å²) >= 11 is 0. The summed E-state index contributed by atoms with van der Waals surface area (Å²) in [5, 5.41) is 9.07. The quantitative estimate of drug-likeness (QED) is 0.478. The highest BCUT2D eigenvalue weighted by Gasteiger charge is 2.27. The molecule has 0 radical (unpaired) electrons. The summed E-state index contributed by atoms with van der Waals surface area (Å²) in [7, 11) is -0.745. The first-order chi connectivity index (χ1) is 15.7. The third-order valence-electron chi connectivity index (χ3n) is 5.51. The molecule has 1 aromatic heterocycles. The number of nitrogens with zero attached hydrogens (tertiary/aromatic N) is 3. The minimum absolute atomic E-state index is 0.114. The highest BCUT2D eigenvalue weighted by atomic mass is 31.2. The van der Waals surface area contributed by atoms with E-state index in [4.69, 9.17) is 14.3 Å². The summed E-state index contributed by atoms with van der Waals surface area (Å²) in [6.45, 7) is 1.96. The predicted octanol–water partition coefficient (Wildman–Crippen LogP) is 2.31. The molecular weight excluding hydrogens is 459 g/mol. The molecule has 174 valence electrons. The molecule has 0 aliphatic carbocycles. The lowest BCUT2D eigenvalue weighted by Crippen LogP contribution is -2.45. The molecule has 1 aliphatic rings. The van der Waals surface area contributed by atoms with E-state index in [2.05, 4.69) is 0 Å². The smallest absolute Gasteiger partial charge is 0.391 e. The molecule has 1 aliphatic heterocycles. The molecule has 2 aromatic carbocycles. The number of likely N-dealkylation sites (N-methyl/N-ethyl adjacent to an activating group) is 1. The van der Waals surface area contributed by atoms with E-state index < -0.39 is 42.6 Å². The van der Waals surface area contributed by atoms with Crippen LogP contribution < -0.4 is 14.9 Å². The van der Waals surface area contributed by atoms with Crippen LogP contribution in [0.15, 0.2) is 41.3 Å². The number of aromatic carboxylic acids is 1. The Balaban J connectivity index is 1.96. The molecule has 2 heterocycles. The van der Waals surface area contributed by atoms with Gasteiger partial charge in [-0.25, -0.2) is 13.6 Å². The number of piperazine rings is 1. The Hall–Kier alpha value is -3.11. The second-order valence-electron chi connectivity index (χ2n) is 7.59. The number of carboxylic acids is 1. The standard InChI is InChI=1S/C21H20F2N3O6P/c1-24-6-8-25(9-7-24)19-16(22)10-14-18(17(19)23)26(11-15(20(14)27)21(28)29)12-2-4-13(5-3-12)32-33(30)31/h2-5,10-11,30-31H,6-9H2,1H3,(H,28,29). The fourth-order valence-electron chi connectivity index (χ4n) is 3.84. The number of carbonyl (C=O) groups is 1. The Labute approximate surface area is 187 Å². The number of benzene rings is 2. The third-order valence-corrected chi connectivity index (χ3v) is 5.88. The van der Waals surface area contributed by atoms with Gasteiger partial charge in [0.25, 0.3) is 0 Å². The van der Waals surface area contributed by atoms with E-state index in [0.29, 0.717) is 26.2 Å². The molecule has 33 heavy (non-hydrogen) atoms. The third kappa shape index (κ3) is 4.40. The lowest BCUT2D eigenvalue weighted by molar-refractivity contribution is 0.0695. The van der Waals surface area contributed by atoms with E-state index in [1.165, 1.54) is 28.8 Å². The number of hydrogen-bond acceptors (Lipinski definition) is 7. The van der Waals surface area contributed by atoms with Crippen molar-refractivity contribution in [2.75, 3.05) is 38.1 Å². The minimum Gasteiger partial charge on any atom is -0.477 e. The average molecular weight is 479 g/mol. The van der Waals surface area contributed by atoms with E-state index >= 15 is 8.78 Å². The van der Waals surface area contributed by atoms with E-state index in [-0.39, 0.29) is 22.6 Å². The first-order valence-electron chi connectivity index (χ1n) is 9.88. The Morgan fingerprint density at radius 2 is 1.73 bits per heavy atom. The molecule has 9 nitrogen and oxygen atoms in total. The molecule has 0 spiro atoms. The lowest BCUT2D eigenvalue weighted by Gasteiger charge is -2.34. The first kappa shape index (κ1) is 23.1. The molecule has 0 amide bonds. The number of halogens is 2. The summed E-state index contributed by atoms with van der Waals surface area (Å²) in [5.41, 5.74) is -1.94. The molecule has 0 unspecified atom stereocenters. The molecule has 3 aromatic rings. The monoisotopic (exact) mass is 479 g/mol. The molecule has 3 N–H and O–H groups in total. The topological polar surface area (TPSA) is 115 Å². The largest absolute Gasteiger partial charge is 0.477 e. The van der Waals surface area contributed by atoms with E-state index in [0.717, 1.165) is 12.3 Å². The summed E-state index contributed by atoms with van der Waals surface area (Å²) < 4.78 is 36.8. The number of hydrogen-bond donors (Lipinski definition) is 3.